The topological polar surface area (TPSA) is 136 Å². The molecule has 2 heterocycles. The van der Waals surface area contributed by atoms with Crippen molar-refractivity contribution >= 4 is 24.6 Å². The molecule has 4 N–H and O–H groups in total. The molecule has 19 heavy (non-hydrogen) atoms. The third-order valence-electron chi connectivity index (χ3n) is 2.43. The van der Waals surface area contributed by atoms with Gasteiger partial charge in [0.1, 0.15) is 11.8 Å². The minimum Gasteiger partial charge on any atom is -0.382 e. The van der Waals surface area contributed by atoms with Crippen LogP contribution in [0.25, 0.3) is 11.2 Å². The molecule has 0 saturated carbocycles. The molecule has 2 aromatic heterocycles. The zero-order valence-electron chi connectivity index (χ0n) is 10.0. The maximum Gasteiger partial charge on any atom is 0.327 e. The summed E-state index contributed by atoms with van der Waals surface area (Å²) in [6.45, 7) is 0.775. The number of fused-ring (bicyclic) bond motifs is 1. The lowest BCUT2D eigenvalue weighted by Crippen LogP contribution is -2.08. The molecule has 0 aliphatic carbocycles. The number of nitrogens with zero attached hydrogens (tertiary/aromatic N) is 4. The van der Waals surface area contributed by atoms with Crippen LogP contribution in [0.15, 0.2) is 12.7 Å². The predicted molar refractivity (Wildman–Crippen MR) is 67.5 cm³/mol. The quantitative estimate of drug-likeness (QED) is 0.482. The Hall–Kier alpha value is -1.54. The maximum atomic E-state index is 10.6. The Labute approximate surface area is 108 Å². The van der Waals surface area contributed by atoms with Crippen molar-refractivity contribution < 1.29 is 19.1 Å². The molecule has 0 aromatic carbocycles. The fourth-order valence-electron chi connectivity index (χ4n) is 1.51. The van der Waals surface area contributed by atoms with Gasteiger partial charge in [0.15, 0.2) is 11.5 Å². The average molecular weight is 287 g/mol. The lowest BCUT2D eigenvalue weighted by atomic mass is 10.5. The summed E-state index contributed by atoms with van der Waals surface area (Å²) in [7, 11) is -3.99. The van der Waals surface area contributed by atoms with Gasteiger partial charge in [-0.1, -0.05) is 0 Å². The van der Waals surface area contributed by atoms with Crippen LogP contribution in [0.1, 0.15) is 0 Å². The van der Waals surface area contributed by atoms with Gasteiger partial charge in [0, 0.05) is 6.54 Å². The second-order valence-electron chi connectivity index (χ2n) is 3.87. The van der Waals surface area contributed by atoms with E-state index in [0.29, 0.717) is 30.1 Å². The molecule has 0 aliphatic rings. The fraction of sp³-hybridized carbons (Fsp3) is 0.444. The van der Waals surface area contributed by atoms with E-state index in [1.54, 1.807) is 10.9 Å². The number of nitrogen functional groups attached to an aromatic ring is 1. The van der Waals surface area contributed by atoms with Crippen LogP contribution in [-0.2, 0) is 15.8 Å². The highest BCUT2D eigenvalue weighted by molar-refractivity contribution is 7.51. The third-order valence-corrected chi connectivity index (χ3v) is 3.20. The molecule has 0 aliphatic heterocycles. The number of imidazole rings is 1. The fourth-order valence-corrected chi connectivity index (χ4v) is 1.88. The number of nitrogens with two attached hydrogens (primary N) is 1. The van der Waals surface area contributed by atoms with Crippen molar-refractivity contribution in [3.05, 3.63) is 12.7 Å². The van der Waals surface area contributed by atoms with Gasteiger partial charge >= 0.3 is 7.60 Å². The summed E-state index contributed by atoms with van der Waals surface area (Å²) in [5.41, 5.74) is 6.78. The van der Waals surface area contributed by atoms with Crippen LogP contribution in [-0.4, -0.2) is 48.7 Å². The zero-order valence-corrected chi connectivity index (χ0v) is 10.9. The Morgan fingerprint density at radius 1 is 1.32 bits per heavy atom. The van der Waals surface area contributed by atoms with Crippen molar-refractivity contribution in [2.24, 2.45) is 0 Å². The highest BCUT2D eigenvalue weighted by atomic mass is 31.2. The highest BCUT2D eigenvalue weighted by Gasteiger charge is 2.12. The summed E-state index contributed by atoms with van der Waals surface area (Å²) in [5.74, 6) is 0.311. The number of rotatable bonds is 6. The maximum absolute atomic E-state index is 10.6. The second-order valence-corrected chi connectivity index (χ2v) is 5.65. The zero-order chi connectivity index (χ0) is 13.9. The molecule has 0 spiro atoms. The van der Waals surface area contributed by atoms with E-state index in [0.717, 1.165) is 0 Å². The summed E-state index contributed by atoms with van der Waals surface area (Å²) in [5, 5.41) is 0. The summed E-state index contributed by atoms with van der Waals surface area (Å²) < 4.78 is 17.5. The molecule has 0 bridgehead atoms. The van der Waals surface area contributed by atoms with Crippen molar-refractivity contribution in [2.75, 3.05) is 25.1 Å². The number of ether oxygens (including phenoxy) is 1. The van der Waals surface area contributed by atoms with E-state index in [2.05, 4.69) is 15.0 Å². The Bertz CT molecular complexity index is 610. The van der Waals surface area contributed by atoms with Crippen LogP contribution in [0.2, 0.25) is 0 Å². The molecular weight excluding hydrogens is 273 g/mol. The van der Waals surface area contributed by atoms with E-state index in [9.17, 15) is 4.57 Å². The van der Waals surface area contributed by atoms with Gasteiger partial charge < -0.3 is 24.8 Å². The van der Waals surface area contributed by atoms with Gasteiger partial charge in [-0.25, -0.2) is 15.0 Å². The minimum absolute atomic E-state index is 0.00797. The first-order chi connectivity index (χ1) is 8.97. The SMILES string of the molecule is Nc1ncnc2c1ncn2CCOCCP(=O)(O)O. The average Bonchev–Trinajstić information content (AvgIpc) is 2.72. The third kappa shape index (κ3) is 3.71. The molecule has 2 rings (SSSR count). The van der Waals surface area contributed by atoms with Crippen LogP contribution in [0, 0.1) is 0 Å². The summed E-state index contributed by atoms with van der Waals surface area (Å²) in [6.07, 6.45) is 2.64. The molecule has 0 unspecified atom stereocenters. The number of hydrogen-bond donors (Lipinski definition) is 3. The van der Waals surface area contributed by atoms with Gasteiger partial charge in [0.05, 0.1) is 25.7 Å². The Balaban J connectivity index is 1.89. The predicted octanol–water partition coefficient (Wildman–Crippen LogP) is -0.397. The first kappa shape index (κ1) is 13.9. The van der Waals surface area contributed by atoms with Crippen LogP contribution >= 0.6 is 7.60 Å². The van der Waals surface area contributed by atoms with Gasteiger partial charge in [0.25, 0.3) is 0 Å². The summed E-state index contributed by atoms with van der Waals surface area (Å²) >= 11 is 0. The summed E-state index contributed by atoms with van der Waals surface area (Å²) in [4.78, 5) is 29.3. The standard InChI is InChI=1S/C9H14N5O4P/c10-8-7-9(12-5-11-8)14(6-13-7)1-2-18-3-4-19(15,16)17/h5-6H,1-4H2,(H2,10,11,12)(H2,15,16,17). The lowest BCUT2D eigenvalue weighted by Gasteiger charge is -2.06. The van der Waals surface area contributed by atoms with Gasteiger partial charge in [-0.05, 0) is 0 Å². The lowest BCUT2D eigenvalue weighted by molar-refractivity contribution is 0.137. The Kier molecular flexibility index (Phi) is 4.11. The normalized spacial score (nSPS) is 12.1. The molecule has 0 saturated heterocycles. The molecule has 0 atom stereocenters. The van der Waals surface area contributed by atoms with Crippen molar-refractivity contribution in [3.8, 4) is 0 Å². The monoisotopic (exact) mass is 287 g/mol. The minimum atomic E-state index is -3.99. The van der Waals surface area contributed by atoms with Crippen LogP contribution < -0.4 is 5.73 Å². The molecule has 10 heteroatoms. The van der Waals surface area contributed by atoms with E-state index in [1.165, 1.54) is 6.33 Å². The Morgan fingerprint density at radius 2 is 2.11 bits per heavy atom. The molecule has 104 valence electrons. The van der Waals surface area contributed by atoms with Crippen molar-refractivity contribution in [2.45, 2.75) is 6.54 Å². The van der Waals surface area contributed by atoms with Gasteiger partial charge in [0.2, 0.25) is 0 Å². The van der Waals surface area contributed by atoms with Crippen molar-refractivity contribution in [1.82, 2.24) is 19.5 Å². The molecule has 0 amide bonds. The van der Waals surface area contributed by atoms with E-state index < -0.39 is 7.60 Å². The molecule has 9 nitrogen and oxygen atoms in total. The van der Waals surface area contributed by atoms with Gasteiger partial charge in [-0.3, -0.25) is 4.57 Å². The van der Waals surface area contributed by atoms with Gasteiger partial charge in [-0.2, -0.15) is 0 Å². The van der Waals surface area contributed by atoms with Gasteiger partial charge in [-0.15, -0.1) is 0 Å². The number of aromatic nitrogens is 4. The van der Waals surface area contributed by atoms with E-state index in [1.807, 2.05) is 0 Å². The molecule has 0 radical (unpaired) electrons. The second kappa shape index (κ2) is 5.62. The molecule has 2 aromatic rings. The van der Waals surface area contributed by atoms with E-state index in [-0.39, 0.29) is 12.8 Å². The number of anilines is 1. The number of hydrogen-bond acceptors (Lipinski definition) is 6. The summed E-state index contributed by atoms with van der Waals surface area (Å²) in [6, 6.07) is 0. The van der Waals surface area contributed by atoms with Crippen molar-refractivity contribution in [3.63, 3.8) is 0 Å². The van der Waals surface area contributed by atoms with Crippen molar-refractivity contribution in [1.29, 1.82) is 0 Å². The molecular formula is C9H14N5O4P. The molecule has 0 fully saturated rings. The van der Waals surface area contributed by atoms with Crippen LogP contribution in [0.4, 0.5) is 5.82 Å². The Morgan fingerprint density at radius 3 is 2.84 bits per heavy atom. The first-order valence-electron chi connectivity index (χ1n) is 5.51. The highest BCUT2D eigenvalue weighted by Crippen LogP contribution is 2.33. The smallest absolute Gasteiger partial charge is 0.327 e. The van der Waals surface area contributed by atoms with Crippen LogP contribution in [0.3, 0.4) is 0 Å². The largest absolute Gasteiger partial charge is 0.382 e. The first-order valence-corrected chi connectivity index (χ1v) is 7.31. The van der Waals surface area contributed by atoms with E-state index in [4.69, 9.17) is 20.3 Å². The van der Waals surface area contributed by atoms with Crippen LogP contribution in [0.5, 0.6) is 0 Å². The van der Waals surface area contributed by atoms with E-state index >= 15 is 0 Å².